The Labute approximate surface area is 143 Å². The van der Waals surface area contributed by atoms with Crippen LogP contribution in [0, 0.1) is 11.3 Å². The van der Waals surface area contributed by atoms with E-state index < -0.39 is 17.4 Å². The van der Waals surface area contributed by atoms with Crippen molar-refractivity contribution in [2.45, 2.75) is 12.5 Å². The van der Waals surface area contributed by atoms with Gasteiger partial charge in [0.15, 0.2) is 0 Å². The van der Waals surface area contributed by atoms with Gasteiger partial charge < -0.3 is 15.4 Å². The quantitative estimate of drug-likeness (QED) is 0.821. The first-order valence-corrected chi connectivity index (χ1v) is 7.42. The van der Waals surface area contributed by atoms with Crippen molar-refractivity contribution in [1.82, 2.24) is 0 Å². The smallest absolute Gasteiger partial charge is 0.278 e. The van der Waals surface area contributed by atoms with Crippen LogP contribution in [0.2, 0.25) is 5.02 Å². The number of rotatable bonds is 2. The zero-order valence-corrected chi connectivity index (χ0v) is 13.3. The molecule has 0 saturated heterocycles. The second kappa shape index (κ2) is 5.87. The van der Waals surface area contributed by atoms with Gasteiger partial charge in [-0.3, -0.25) is 9.59 Å². The van der Waals surface area contributed by atoms with E-state index in [0.29, 0.717) is 27.7 Å². The number of ether oxygens (including phenoxy) is 1. The Morgan fingerprint density at radius 2 is 2.00 bits per heavy atom. The summed E-state index contributed by atoms with van der Waals surface area (Å²) < 4.78 is 5.63. The molecule has 0 bridgehead atoms. The van der Waals surface area contributed by atoms with Crippen LogP contribution >= 0.6 is 11.6 Å². The number of amides is 2. The van der Waals surface area contributed by atoms with E-state index in [9.17, 15) is 9.59 Å². The summed E-state index contributed by atoms with van der Waals surface area (Å²) >= 11 is 5.88. The van der Waals surface area contributed by atoms with E-state index in [4.69, 9.17) is 21.6 Å². The van der Waals surface area contributed by atoms with E-state index in [1.165, 1.54) is 6.92 Å². The summed E-state index contributed by atoms with van der Waals surface area (Å²) in [5.41, 5.74) is -0.388. The number of carbonyl (C=O) groups excluding carboxylic acids is 2. The van der Waals surface area contributed by atoms with Crippen LogP contribution in [-0.4, -0.2) is 17.4 Å². The number of anilines is 2. The standard InChI is InChI=1S/C17H12ClN3O3/c1-17(15(22)20-12-5-2-10(9-19)3-6-12)16(23)21-13-8-11(18)4-7-14(13)24-17/h2-8H,1H3,(H,20,22)(H,21,23)/t17-/m0/s1. The first-order chi connectivity index (χ1) is 11.4. The van der Waals surface area contributed by atoms with Crippen molar-refractivity contribution >= 4 is 34.8 Å². The molecule has 2 aromatic rings. The molecule has 0 aromatic heterocycles. The molecule has 0 aliphatic carbocycles. The molecule has 24 heavy (non-hydrogen) atoms. The van der Waals surface area contributed by atoms with Crippen molar-refractivity contribution in [2.24, 2.45) is 0 Å². The Morgan fingerprint density at radius 3 is 2.67 bits per heavy atom. The number of halogens is 1. The van der Waals surface area contributed by atoms with E-state index in [0.717, 1.165) is 0 Å². The predicted octanol–water partition coefficient (Wildman–Crippen LogP) is 2.94. The van der Waals surface area contributed by atoms with Gasteiger partial charge >= 0.3 is 0 Å². The Bertz CT molecular complexity index is 874. The minimum Gasteiger partial charge on any atom is -0.466 e. The second-order valence-electron chi connectivity index (χ2n) is 5.37. The molecule has 1 heterocycles. The van der Waals surface area contributed by atoms with Crippen molar-refractivity contribution in [3.05, 3.63) is 53.1 Å². The van der Waals surface area contributed by atoms with Gasteiger partial charge in [0.05, 0.1) is 17.3 Å². The topological polar surface area (TPSA) is 91.2 Å². The molecule has 2 N–H and O–H groups in total. The van der Waals surface area contributed by atoms with Gasteiger partial charge in [0.1, 0.15) is 5.75 Å². The molecular weight excluding hydrogens is 330 g/mol. The van der Waals surface area contributed by atoms with E-state index >= 15 is 0 Å². The molecule has 1 atom stereocenters. The highest BCUT2D eigenvalue weighted by molar-refractivity contribution is 6.31. The third-order valence-electron chi connectivity index (χ3n) is 3.64. The summed E-state index contributed by atoms with van der Waals surface area (Å²) in [5.74, 6) is -0.856. The molecule has 6 nitrogen and oxygen atoms in total. The maximum Gasteiger partial charge on any atom is 0.278 e. The van der Waals surface area contributed by atoms with Gasteiger partial charge in [0, 0.05) is 10.7 Å². The van der Waals surface area contributed by atoms with Crippen molar-refractivity contribution < 1.29 is 14.3 Å². The highest BCUT2D eigenvalue weighted by Crippen LogP contribution is 2.36. The number of hydrogen-bond donors (Lipinski definition) is 2. The van der Waals surface area contributed by atoms with E-state index in [1.54, 1.807) is 42.5 Å². The lowest BCUT2D eigenvalue weighted by Gasteiger charge is -2.33. The Hall–Kier alpha value is -3.04. The average Bonchev–Trinajstić information content (AvgIpc) is 2.57. The first-order valence-electron chi connectivity index (χ1n) is 7.04. The number of carbonyl (C=O) groups is 2. The molecule has 0 spiro atoms. The zero-order chi connectivity index (χ0) is 17.3. The van der Waals surface area contributed by atoms with Gasteiger partial charge in [0.25, 0.3) is 17.4 Å². The monoisotopic (exact) mass is 341 g/mol. The molecule has 0 radical (unpaired) electrons. The lowest BCUT2D eigenvalue weighted by atomic mass is 10.0. The highest BCUT2D eigenvalue weighted by Gasteiger charge is 2.47. The van der Waals surface area contributed by atoms with Gasteiger partial charge in [-0.05, 0) is 49.4 Å². The summed E-state index contributed by atoms with van der Waals surface area (Å²) in [6.45, 7) is 1.39. The molecule has 1 aliphatic rings. The molecule has 3 rings (SSSR count). The molecule has 120 valence electrons. The maximum absolute atomic E-state index is 12.5. The Balaban J connectivity index is 1.84. The minimum absolute atomic E-state index is 0.358. The zero-order valence-electron chi connectivity index (χ0n) is 12.6. The van der Waals surface area contributed by atoms with Crippen LogP contribution in [0.1, 0.15) is 12.5 Å². The third kappa shape index (κ3) is 2.77. The van der Waals surface area contributed by atoms with Gasteiger partial charge in [-0.25, -0.2) is 0 Å². The fraction of sp³-hybridized carbons (Fsp3) is 0.118. The predicted molar refractivity (Wildman–Crippen MR) is 88.9 cm³/mol. The maximum atomic E-state index is 12.5. The SMILES string of the molecule is C[C@@]1(C(=O)Nc2ccc(C#N)cc2)Oc2ccc(Cl)cc2NC1=O. The van der Waals surface area contributed by atoms with E-state index in [1.807, 2.05) is 6.07 Å². The molecule has 1 aliphatic heterocycles. The minimum atomic E-state index is -1.73. The van der Waals surface area contributed by atoms with Crippen molar-refractivity contribution in [2.75, 3.05) is 10.6 Å². The van der Waals surface area contributed by atoms with Crippen LogP contribution in [0.3, 0.4) is 0 Å². The average molecular weight is 342 g/mol. The molecule has 0 unspecified atom stereocenters. The van der Waals surface area contributed by atoms with Crippen LogP contribution in [0.15, 0.2) is 42.5 Å². The lowest BCUT2D eigenvalue weighted by Crippen LogP contribution is -2.56. The number of hydrogen-bond acceptors (Lipinski definition) is 4. The Kier molecular flexibility index (Phi) is 3.87. The molecule has 2 amide bonds. The normalized spacial score (nSPS) is 18.6. The number of nitriles is 1. The number of nitrogens with zero attached hydrogens (tertiary/aromatic N) is 1. The fourth-order valence-corrected chi connectivity index (χ4v) is 2.40. The van der Waals surface area contributed by atoms with Crippen LogP contribution in [0.4, 0.5) is 11.4 Å². The molecule has 0 fully saturated rings. The number of benzene rings is 2. The summed E-state index contributed by atoms with van der Waals surface area (Å²) in [6, 6.07) is 13.0. The summed E-state index contributed by atoms with van der Waals surface area (Å²) in [7, 11) is 0. The summed E-state index contributed by atoms with van der Waals surface area (Å²) in [5, 5.41) is 14.5. The summed E-state index contributed by atoms with van der Waals surface area (Å²) in [4.78, 5) is 24.9. The third-order valence-corrected chi connectivity index (χ3v) is 3.88. The lowest BCUT2D eigenvalue weighted by molar-refractivity contribution is -0.143. The van der Waals surface area contributed by atoms with E-state index in [-0.39, 0.29) is 0 Å². The number of nitrogens with one attached hydrogen (secondary N) is 2. The van der Waals surface area contributed by atoms with Gasteiger partial charge in [-0.15, -0.1) is 0 Å². The van der Waals surface area contributed by atoms with Gasteiger partial charge in [0.2, 0.25) is 0 Å². The highest BCUT2D eigenvalue weighted by atomic mass is 35.5. The molecule has 7 heteroatoms. The molecule has 2 aromatic carbocycles. The van der Waals surface area contributed by atoms with Crippen LogP contribution in [0.25, 0.3) is 0 Å². The van der Waals surface area contributed by atoms with Crippen molar-refractivity contribution in [3.63, 3.8) is 0 Å². The first kappa shape index (κ1) is 15.8. The van der Waals surface area contributed by atoms with Gasteiger partial charge in [-0.2, -0.15) is 5.26 Å². The second-order valence-corrected chi connectivity index (χ2v) is 5.81. The van der Waals surface area contributed by atoms with Gasteiger partial charge in [-0.1, -0.05) is 11.6 Å². The van der Waals surface area contributed by atoms with Crippen LogP contribution in [-0.2, 0) is 9.59 Å². The number of fused-ring (bicyclic) bond motifs is 1. The van der Waals surface area contributed by atoms with Crippen molar-refractivity contribution in [3.8, 4) is 11.8 Å². The summed E-state index contributed by atoms with van der Waals surface area (Å²) in [6.07, 6.45) is 0. The van der Waals surface area contributed by atoms with Crippen molar-refractivity contribution in [1.29, 1.82) is 5.26 Å². The largest absolute Gasteiger partial charge is 0.466 e. The van der Waals surface area contributed by atoms with Crippen LogP contribution < -0.4 is 15.4 Å². The molecule has 0 saturated carbocycles. The molecular formula is C17H12ClN3O3. The van der Waals surface area contributed by atoms with E-state index in [2.05, 4.69) is 10.6 Å². The van der Waals surface area contributed by atoms with Crippen LogP contribution in [0.5, 0.6) is 5.75 Å². The fourth-order valence-electron chi connectivity index (χ4n) is 2.22. The Morgan fingerprint density at radius 1 is 1.29 bits per heavy atom.